The summed E-state index contributed by atoms with van der Waals surface area (Å²) in [6, 6.07) is 30.4. The molecule has 0 radical (unpaired) electrons. The van der Waals surface area contributed by atoms with Crippen molar-refractivity contribution in [3.05, 3.63) is 108 Å². The molecule has 3 aromatic rings. The standard InChI is InChI=1S/C27H29NO2/c29-26(20-25(21-10-4-1-5-11-21)22-12-6-2-7-13-22)28-18-16-24(17-19-28)27(30)23-14-8-3-9-15-23/h1-15,24-25,27,30H,16-20H2. The Bertz CT molecular complexity index is 879. The highest BCUT2D eigenvalue weighted by Crippen LogP contribution is 2.33. The van der Waals surface area contributed by atoms with Gasteiger partial charge in [0.2, 0.25) is 5.91 Å². The van der Waals surface area contributed by atoms with E-state index in [1.54, 1.807) is 0 Å². The number of likely N-dealkylation sites (tertiary alicyclic amines) is 1. The van der Waals surface area contributed by atoms with E-state index in [1.165, 1.54) is 11.1 Å². The number of rotatable bonds is 6. The molecule has 0 aliphatic carbocycles. The summed E-state index contributed by atoms with van der Waals surface area (Å²) in [5, 5.41) is 10.7. The number of hydrogen-bond donors (Lipinski definition) is 1. The first-order valence-electron chi connectivity index (χ1n) is 10.8. The summed E-state index contributed by atoms with van der Waals surface area (Å²) in [6.45, 7) is 1.42. The van der Waals surface area contributed by atoms with Crippen molar-refractivity contribution in [2.45, 2.75) is 31.3 Å². The Morgan fingerprint density at radius 1 is 0.767 bits per heavy atom. The molecule has 1 aliphatic heterocycles. The van der Waals surface area contributed by atoms with E-state index in [0.29, 0.717) is 19.5 Å². The second kappa shape index (κ2) is 9.73. The molecule has 3 aromatic carbocycles. The van der Waals surface area contributed by atoms with Crippen LogP contribution in [0.3, 0.4) is 0 Å². The maximum Gasteiger partial charge on any atom is 0.223 e. The second-order valence-electron chi connectivity index (χ2n) is 8.15. The van der Waals surface area contributed by atoms with Crippen LogP contribution in [0.15, 0.2) is 91.0 Å². The Labute approximate surface area is 179 Å². The van der Waals surface area contributed by atoms with Crippen LogP contribution in [-0.4, -0.2) is 29.0 Å². The lowest BCUT2D eigenvalue weighted by Crippen LogP contribution is -2.40. The molecule has 0 aromatic heterocycles. The van der Waals surface area contributed by atoms with Gasteiger partial charge in [-0.3, -0.25) is 4.79 Å². The summed E-state index contributed by atoms with van der Waals surface area (Å²) in [7, 11) is 0. The van der Waals surface area contributed by atoms with Crippen LogP contribution in [0, 0.1) is 5.92 Å². The van der Waals surface area contributed by atoms with Gasteiger partial charge in [-0.05, 0) is 35.4 Å². The largest absolute Gasteiger partial charge is 0.388 e. The van der Waals surface area contributed by atoms with Gasteiger partial charge < -0.3 is 10.0 Å². The minimum atomic E-state index is -0.454. The molecule has 0 bridgehead atoms. The Morgan fingerprint density at radius 3 is 1.67 bits per heavy atom. The van der Waals surface area contributed by atoms with Crippen LogP contribution in [-0.2, 0) is 4.79 Å². The molecule has 1 amide bonds. The number of hydrogen-bond acceptors (Lipinski definition) is 2. The number of carbonyl (C=O) groups is 1. The predicted molar refractivity (Wildman–Crippen MR) is 120 cm³/mol. The molecule has 30 heavy (non-hydrogen) atoms. The topological polar surface area (TPSA) is 40.5 Å². The van der Waals surface area contributed by atoms with E-state index < -0.39 is 6.10 Å². The van der Waals surface area contributed by atoms with Crippen LogP contribution in [0.25, 0.3) is 0 Å². The fraction of sp³-hybridized carbons (Fsp3) is 0.296. The third-order valence-corrected chi connectivity index (χ3v) is 6.26. The van der Waals surface area contributed by atoms with Crippen LogP contribution < -0.4 is 0 Å². The van der Waals surface area contributed by atoms with Gasteiger partial charge in [-0.1, -0.05) is 91.0 Å². The van der Waals surface area contributed by atoms with Crippen molar-refractivity contribution in [2.75, 3.05) is 13.1 Å². The van der Waals surface area contributed by atoms with Gasteiger partial charge in [0.1, 0.15) is 0 Å². The van der Waals surface area contributed by atoms with Crippen LogP contribution in [0.1, 0.15) is 48.0 Å². The highest BCUT2D eigenvalue weighted by Gasteiger charge is 2.29. The van der Waals surface area contributed by atoms with E-state index in [4.69, 9.17) is 0 Å². The first-order chi connectivity index (χ1) is 14.7. The summed E-state index contributed by atoms with van der Waals surface area (Å²) in [4.78, 5) is 15.1. The van der Waals surface area contributed by atoms with Crippen molar-refractivity contribution >= 4 is 5.91 Å². The fourth-order valence-corrected chi connectivity index (χ4v) is 4.49. The molecule has 3 nitrogen and oxygen atoms in total. The Hall–Kier alpha value is -2.91. The van der Waals surface area contributed by atoms with Gasteiger partial charge >= 0.3 is 0 Å². The molecule has 0 spiro atoms. The summed E-state index contributed by atoms with van der Waals surface area (Å²) in [6.07, 6.45) is 1.69. The van der Waals surface area contributed by atoms with E-state index in [2.05, 4.69) is 24.3 Å². The molecule has 1 fully saturated rings. The van der Waals surface area contributed by atoms with Gasteiger partial charge in [0.05, 0.1) is 6.10 Å². The maximum absolute atomic E-state index is 13.2. The summed E-state index contributed by atoms with van der Waals surface area (Å²) in [5.74, 6) is 0.461. The number of aliphatic hydroxyl groups excluding tert-OH is 1. The third kappa shape index (κ3) is 4.80. The molecule has 0 saturated carbocycles. The zero-order chi connectivity index (χ0) is 20.8. The van der Waals surface area contributed by atoms with Crippen LogP contribution >= 0.6 is 0 Å². The fourth-order valence-electron chi connectivity index (χ4n) is 4.49. The molecule has 1 atom stereocenters. The third-order valence-electron chi connectivity index (χ3n) is 6.26. The van der Waals surface area contributed by atoms with Gasteiger partial charge in [0, 0.05) is 25.4 Å². The Balaban J connectivity index is 1.41. The molecule has 1 heterocycles. The molecule has 1 unspecified atom stereocenters. The lowest BCUT2D eigenvalue weighted by Gasteiger charge is -2.35. The zero-order valence-electron chi connectivity index (χ0n) is 17.2. The van der Waals surface area contributed by atoms with E-state index in [0.717, 1.165) is 18.4 Å². The predicted octanol–water partition coefficient (Wildman–Crippen LogP) is 5.18. The average Bonchev–Trinajstić information content (AvgIpc) is 2.83. The zero-order valence-corrected chi connectivity index (χ0v) is 17.2. The van der Waals surface area contributed by atoms with Crippen molar-refractivity contribution in [2.24, 2.45) is 5.92 Å². The van der Waals surface area contributed by atoms with Crippen molar-refractivity contribution in [3.63, 3.8) is 0 Å². The number of aliphatic hydroxyl groups is 1. The maximum atomic E-state index is 13.2. The van der Waals surface area contributed by atoms with Gasteiger partial charge in [-0.15, -0.1) is 0 Å². The molecular formula is C27H29NO2. The number of benzene rings is 3. The first-order valence-corrected chi connectivity index (χ1v) is 10.8. The van der Waals surface area contributed by atoms with Crippen LogP contribution in [0.2, 0.25) is 0 Å². The lowest BCUT2D eigenvalue weighted by atomic mass is 9.86. The average molecular weight is 400 g/mol. The van der Waals surface area contributed by atoms with Gasteiger partial charge in [-0.2, -0.15) is 0 Å². The smallest absolute Gasteiger partial charge is 0.223 e. The molecule has 1 aliphatic rings. The van der Waals surface area contributed by atoms with E-state index in [1.807, 2.05) is 71.6 Å². The summed E-state index contributed by atoms with van der Waals surface area (Å²) >= 11 is 0. The van der Waals surface area contributed by atoms with Crippen LogP contribution in [0.4, 0.5) is 0 Å². The number of nitrogens with zero attached hydrogens (tertiary/aromatic N) is 1. The summed E-state index contributed by atoms with van der Waals surface area (Å²) in [5.41, 5.74) is 3.31. The van der Waals surface area contributed by atoms with E-state index in [9.17, 15) is 9.90 Å². The number of piperidine rings is 1. The summed E-state index contributed by atoms with van der Waals surface area (Å²) < 4.78 is 0. The SMILES string of the molecule is O=C(CC(c1ccccc1)c1ccccc1)N1CCC(C(O)c2ccccc2)CC1. The second-order valence-corrected chi connectivity index (χ2v) is 8.15. The van der Waals surface area contributed by atoms with Gasteiger partial charge in [0.25, 0.3) is 0 Å². The van der Waals surface area contributed by atoms with Crippen molar-refractivity contribution in [3.8, 4) is 0 Å². The molecule has 1 N–H and O–H groups in total. The lowest BCUT2D eigenvalue weighted by molar-refractivity contribution is -0.133. The Morgan fingerprint density at radius 2 is 1.20 bits per heavy atom. The molecule has 1 saturated heterocycles. The molecule has 3 heteroatoms. The van der Waals surface area contributed by atoms with E-state index >= 15 is 0 Å². The highest BCUT2D eigenvalue weighted by atomic mass is 16.3. The molecular weight excluding hydrogens is 370 g/mol. The minimum Gasteiger partial charge on any atom is -0.388 e. The normalized spacial score (nSPS) is 15.9. The first kappa shape index (κ1) is 20.4. The van der Waals surface area contributed by atoms with E-state index in [-0.39, 0.29) is 17.7 Å². The van der Waals surface area contributed by atoms with Crippen LogP contribution in [0.5, 0.6) is 0 Å². The Kier molecular flexibility index (Phi) is 6.60. The van der Waals surface area contributed by atoms with Crippen molar-refractivity contribution in [1.29, 1.82) is 0 Å². The number of amides is 1. The molecule has 4 rings (SSSR count). The van der Waals surface area contributed by atoms with Gasteiger partial charge in [-0.25, -0.2) is 0 Å². The van der Waals surface area contributed by atoms with Crippen molar-refractivity contribution < 1.29 is 9.90 Å². The minimum absolute atomic E-state index is 0.0625. The monoisotopic (exact) mass is 399 g/mol. The quantitative estimate of drug-likeness (QED) is 0.620. The number of carbonyl (C=O) groups excluding carboxylic acids is 1. The molecule has 154 valence electrons. The van der Waals surface area contributed by atoms with Crippen molar-refractivity contribution in [1.82, 2.24) is 4.90 Å². The highest BCUT2D eigenvalue weighted by molar-refractivity contribution is 5.78. The van der Waals surface area contributed by atoms with Gasteiger partial charge in [0.15, 0.2) is 0 Å².